The fourth-order valence-corrected chi connectivity index (χ4v) is 3.26. The summed E-state index contributed by atoms with van der Waals surface area (Å²) in [5, 5.41) is 0. The van der Waals surface area contributed by atoms with Crippen LogP contribution in [0.5, 0.6) is 0 Å². The summed E-state index contributed by atoms with van der Waals surface area (Å²) in [6.07, 6.45) is 3.67. The summed E-state index contributed by atoms with van der Waals surface area (Å²) < 4.78 is 0. The van der Waals surface area contributed by atoms with Gasteiger partial charge in [0, 0.05) is 7.05 Å². The highest BCUT2D eigenvalue weighted by Crippen LogP contribution is 2.41. The highest BCUT2D eigenvalue weighted by atomic mass is 16.2. The van der Waals surface area contributed by atoms with Crippen LogP contribution in [0, 0.1) is 0 Å². The topological polar surface area (TPSA) is 40.6 Å². The summed E-state index contributed by atoms with van der Waals surface area (Å²) in [5.74, 6) is -0.0126. The molecule has 1 heterocycles. The number of imide groups is 1. The first kappa shape index (κ1) is 12.2. The van der Waals surface area contributed by atoms with E-state index in [0.29, 0.717) is 6.54 Å². The minimum absolute atomic E-state index is 0.0126. The Morgan fingerprint density at radius 1 is 1.11 bits per heavy atom. The van der Waals surface area contributed by atoms with Gasteiger partial charge >= 0.3 is 6.03 Å². The maximum absolute atomic E-state index is 12.6. The van der Waals surface area contributed by atoms with Crippen molar-refractivity contribution in [1.29, 1.82) is 0 Å². The number of nitrogens with zero attached hydrogens (tertiary/aromatic N) is 2. The van der Waals surface area contributed by atoms with Crippen molar-refractivity contribution in [2.45, 2.75) is 37.8 Å². The smallest absolute Gasteiger partial charge is 0.313 e. The van der Waals surface area contributed by atoms with Gasteiger partial charge in [-0.1, -0.05) is 43.2 Å². The van der Waals surface area contributed by atoms with Crippen molar-refractivity contribution in [2.24, 2.45) is 0 Å². The highest BCUT2D eigenvalue weighted by molar-refractivity contribution is 6.07. The van der Waals surface area contributed by atoms with Crippen LogP contribution in [0.1, 0.15) is 31.2 Å². The summed E-state index contributed by atoms with van der Waals surface area (Å²) in [5.41, 5.74) is 0.443. The molecule has 100 valence electrons. The second kappa shape index (κ2) is 4.37. The minimum atomic E-state index is -0.550. The molecule has 1 spiro atoms. The van der Waals surface area contributed by atoms with Crippen LogP contribution in [0.4, 0.5) is 4.79 Å². The Kier molecular flexibility index (Phi) is 2.81. The van der Waals surface area contributed by atoms with Gasteiger partial charge in [-0.15, -0.1) is 0 Å². The van der Waals surface area contributed by atoms with Crippen molar-refractivity contribution in [2.75, 3.05) is 7.05 Å². The number of amides is 3. The molecule has 2 aliphatic rings. The number of hydrogen-bond acceptors (Lipinski definition) is 2. The molecule has 3 rings (SSSR count). The lowest BCUT2D eigenvalue weighted by atomic mass is 9.96. The van der Waals surface area contributed by atoms with Gasteiger partial charge in [-0.25, -0.2) is 4.79 Å². The predicted octanol–water partition coefficient (Wildman–Crippen LogP) is 2.39. The molecule has 1 saturated carbocycles. The largest absolute Gasteiger partial charge is 0.327 e. The average Bonchev–Trinajstić information content (AvgIpc) is 2.99. The van der Waals surface area contributed by atoms with Crippen molar-refractivity contribution >= 4 is 11.9 Å². The van der Waals surface area contributed by atoms with E-state index >= 15 is 0 Å². The maximum Gasteiger partial charge on any atom is 0.327 e. The number of rotatable bonds is 2. The lowest BCUT2D eigenvalue weighted by Gasteiger charge is -2.27. The first-order valence-electron chi connectivity index (χ1n) is 6.79. The molecule has 1 aromatic carbocycles. The summed E-state index contributed by atoms with van der Waals surface area (Å²) in [6, 6.07) is 9.52. The van der Waals surface area contributed by atoms with Crippen molar-refractivity contribution in [3.63, 3.8) is 0 Å². The number of hydrogen-bond donors (Lipinski definition) is 0. The Morgan fingerprint density at radius 2 is 1.74 bits per heavy atom. The molecule has 1 saturated heterocycles. The first-order chi connectivity index (χ1) is 9.15. The monoisotopic (exact) mass is 258 g/mol. The van der Waals surface area contributed by atoms with Crippen LogP contribution in [0.2, 0.25) is 0 Å². The van der Waals surface area contributed by atoms with E-state index < -0.39 is 5.54 Å². The van der Waals surface area contributed by atoms with Crippen LogP contribution in [-0.4, -0.2) is 34.3 Å². The minimum Gasteiger partial charge on any atom is -0.313 e. The number of urea groups is 1. The van der Waals surface area contributed by atoms with Gasteiger partial charge in [0.2, 0.25) is 0 Å². The van der Waals surface area contributed by atoms with Crippen molar-refractivity contribution < 1.29 is 9.59 Å². The van der Waals surface area contributed by atoms with Crippen molar-refractivity contribution in [3.8, 4) is 0 Å². The lowest BCUT2D eigenvalue weighted by molar-refractivity contribution is -0.133. The Morgan fingerprint density at radius 3 is 2.37 bits per heavy atom. The zero-order valence-electron chi connectivity index (χ0n) is 11.1. The Labute approximate surface area is 113 Å². The maximum atomic E-state index is 12.6. The third-order valence-corrected chi connectivity index (χ3v) is 4.42. The van der Waals surface area contributed by atoms with Gasteiger partial charge in [0.05, 0.1) is 6.54 Å². The summed E-state index contributed by atoms with van der Waals surface area (Å²) in [6.45, 7) is 0.380. The standard InChI is InChI=1S/C15H18N2O2/c1-16-14(19)17(11-12-7-3-2-4-8-12)13(18)15(16)9-5-6-10-15/h2-4,7-8H,5-6,9-11H2,1H3. The van der Waals surface area contributed by atoms with Gasteiger partial charge in [0.25, 0.3) is 5.91 Å². The molecule has 0 unspecified atom stereocenters. The quantitative estimate of drug-likeness (QED) is 0.764. The molecule has 4 heteroatoms. The van der Waals surface area contributed by atoms with E-state index in [1.54, 1.807) is 11.9 Å². The summed E-state index contributed by atoms with van der Waals surface area (Å²) in [4.78, 5) is 28.0. The van der Waals surface area contributed by atoms with E-state index in [1.165, 1.54) is 4.90 Å². The van der Waals surface area contributed by atoms with Crippen molar-refractivity contribution in [3.05, 3.63) is 35.9 Å². The number of likely N-dealkylation sites (N-methyl/N-ethyl adjacent to an activating group) is 1. The number of carbonyl (C=O) groups excluding carboxylic acids is 2. The van der Waals surface area contributed by atoms with Gasteiger partial charge in [0.1, 0.15) is 5.54 Å². The van der Waals surface area contributed by atoms with E-state index in [0.717, 1.165) is 31.2 Å². The molecule has 0 radical (unpaired) electrons. The van der Waals surface area contributed by atoms with Gasteiger partial charge < -0.3 is 4.90 Å². The average molecular weight is 258 g/mol. The van der Waals surface area contributed by atoms with Crippen LogP contribution in [0.25, 0.3) is 0 Å². The number of carbonyl (C=O) groups is 2. The van der Waals surface area contributed by atoms with Gasteiger partial charge in [-0.3, -0.25) is 9.69 Å². The predicted molar refractivity (Wildman–Crippen MR) is 71.4 cm³/mol. The molecule has 19 heavy (non-hydrogen) atoms. The lowest BCUT2D eigenvalue weighted by Crippen LogP contribution is -2.45. The second-order valence-electron chi connectivity index (χ2n) is 5.46. The van der Waals surface area contributed by atoms with Crippen molar-refractivity contribution in [1.82, 2.24) is 9.80 Å². The SMILES string of the molecule is CN1C(=O)N(Cc2ccccc2)C(=O)C12CCCC2. The Hall–Kier alpha value is -1.84. The van der Waals surface area contributed by atoms with Gasteiger partial charge in [-0.2, -0.15) is 0 Å². The molecule has 0 bridgehead atoms. The van der Waals surface area contributed by atoms with Crippen LogP contribution < -0.4 is 0 Å². The normalized spacial score (nSPS) is 21.7. The van der Waals surface area contributed by atoms with Crippen LogP contribution in [-0.2, 0) is 11.3 Å². The second-order valence-corrected chi connectivity index (χ2v) is 5.46. The van der Waals surface area contributed by atoms with E-state index in [2.05, 4.69) is 0 Å². The molecular weight excluding hydrogens is 240 g/mol. The zero-order valence-corrected chi connectivity index (χ0v) is 11.1. The van der Waals surface area contributed by atoms with Gasteiger partial charge in [0.15, 0.2) is 0 Å². The molecule has 4 nitrogen and oxygen atoms in total. The van der Waals surface area contributed by atoms with Crippen LogP contribution in [0.3, 0.4) is 0 Å². The Bertz CT molecular complexity index is 506. The fraction of sp³-hybridized carbons (Fsp3) is 0.467. The summed E-state index contributed by atoms with van der Waals surface area (Å²) in [7, 11) is 1.76. The molecule has 1 aromatic rings. The zero-order chi connectivity index (χ0) is 13.5. The van der Waals surface area contributed by atoms with Crippen LogP contribution in [0.15, 0.2) is 30.3 Å². The summed E-state index contributed by atoms with van der Waals surface area (Å²) >= 11 is 0. The van der Waals surface area contributed by atoms with E-state index in [4.69, 9.17) is 0 Å². The Balaban J connectivity index is 1.87. The fourth-order valence-electron chi connectivity index (χ4n) is 3.26. The molecule has 0 aromatic heterocycles. The highest BCUT2D eigenvalue weighted by Gasteiger charge is 2.56. The molecular formula is C15H18N2O2. The van der Waals surface area contributed by atoms with Crippen LogP contribution >= 0.6 is 0 Å². The van der Waals surface area contributed by atoms with E-state index in [9.17, 15) is 9.59 Å². The molecule has 0 atom stereocenters. The van der Waals surface area contributed by atoms with E-state index in [1.807, 2.05) is 30.3 Å². The first-order valence-corrected chi connectivity index (χ1v) is 6.79. The molecule has 1 aliphatic carbocycles. The van der Waals surface area contributed by atoms with E-state index in [-0.39, 0.29) is 11.9 Å². The third kappa shape index (κ3) is 1.74. The molecule has 1 aliphatic heterocycles. The molecule has 2 fully saturated rings. The molecule has 3 amide bonds. The van der Waals surface area contributed by atoms with Gasteiger partial charge in [-0.05, 0) is 18.4 Å². The third-order valence-electron chi connectivity index (χ3n) is 4.42. The number of benzene rings is 1. The molecule has 0 N–H and O–H groups in total.